The van der Waals surface area contributed by atoms with Gasteiger partial charge in [-0.3, -0.25) is 18.6 Å². The van der Waals surface area contributed by atoms with E-state index in [1.54, 1.807) is 0 Å². The van der Waals surface area contributed by atoms with Crippen LogP contribution in [0.5, 0.6) is 0 Å². The fourth-order valence-electron chi connectivity index (χ4n) is 8.98. The van der Waals surface area contributed by atoms with E-state index in [9.17, 15) is 19.0 Å². The Kier molecular flexibility index (Phi) is 63.3. The largest absolute Gasteiger partial charge is 0.472 e. The van der Waals surface area contributed by atoms with Crippen molar-refractivity contribution in [3.8, 4) is 0 Å². The second kappa shape index (κ2) is 66.8. The molecule has 0 aromatic heterocycles. The van der Waals surface area contributed by atoms with Crippen LogP contribution in [-0.2, 0) is 32.7 Å². The standard InChI is InChI=1S/C78H128NO8P/c1-6-8-10-12-14-16-18-20-22-24-26-28-30-32-34-36-38-39-41-43-45-47-49-51-53-55-57-59-61-63-65-67-69-71-78(81)87-76(75-86-88(82,83)85-73-72-79(3,4)5)74-84-77(80)70-68-66-64-62-60-58-56-54-52-50-48-46-44-42-40-37-35-33-31-29-27-25-23-21-19-17-15-13-11-9-7-2/h8-11,14-17,20-23,26-29,32-35,38-40,42-43,45-46,48,76H,6-7,12-13,18-19,24-25,30-31,36-37,41,44,47,49-75H2,1-5H3/p+1/b10-8-,11-9-,16-14-,17-15-,22-20-,23-21-,28-26-,29-27-,34-32-,35-33-,39-38-,42-40-,45-43-,48-46-. The summed E-state index contributed by atoms with van der Waals surface area (Å²) in [6, 6.07) is 0. The van der Waals surface area contributed by atoms with E-state index in [0.717, 1.165) is 148 Å². The first-order valence-corrected chi connectivity index (χ1v) is 36.4. The molecule has 498 valence electrons. The number of ether oxygens (including phenoxy) is 2. The van der Waals surface area contributed by atoms with E-state index in [4.69, 9.17) is 18.5 Å². The van der Waals surface area contributed by atoms with Crippen molar-refractivity contribution in [2.75, 3.05) is 47.5 Å². The van der Waals surface area contributed by atoms with Gasteiger partial charge in [0.1, 0.15) is 19.8 Å². The SMILES string of the molecule is CC/C=C\C/C=C\C/C=C\C/C=C\C/C=C\C/C=C\C/C=C\CCCCCCCCCCCCCC(=O)OC(COC(=O)CCCCCCCCCCC/C=C\C/C=C\C/C=C\C/C=C\C/C=C\C/C=C\C/C=C\CC)COP(=O)(O)OCC[N+](C)(C)C. The quantitative estimate of drug-likeness (QED) is 0.0211. The van der Waals surface area contributed by atoms with Gasteiger partial charge in [-0.2, -0.15) is 0 Å². The van der Waals surface area contributed by atoms with Crippen LogP contribution in [0.15, 0.2) is 170 Å². The molecule has 0 spiro atoms. The summed E-state index contributed by atoms with van der Waals surface area (Å²) in [7, 11) is 1.45. The number of allylic oxidation sites excluding steroid dienone is 28. The highest BCUT2D eigenvalue weighted by molar-refractivity contribution is 7.47. The Labute approximate surface area is 540 Å². The van der Waals surface area contributed by atoms with Gasteiger partial charge in [0.05, 0.1) is 27.7 Å². The number of nitrogens with zero attached hydrogens (tertiary/aromatic N) is 1. The van der Waals surface area contributed by atoms with Crippen LogP contribution < -0.4 is 0 Å². The van der Waals surface area contributed by atoms with Crippen molar-refractivity contribution >= 4 is 19.8 Å². The summed E-state index contributed by atoms with van der Waals surface area (Å²) in [4.78, 5) is 35.9. The molecule has 0 fully saturated rings. The molecule has 0 bridgehead atoms. The average molecular weight is 1240 g/mol. The van der Waals surface area contributed by atoms with Crippen LogP contribution in [0.4, 0.5) is 0 Å². The van der Waals surface area contributed by atoms with Crippen LogP contribution in [0.3, 0.4) is 0 Å². The molecule has 0 aliphatic rings. The fourth-order valence-corrected chi connectivity index (χ4v) is 9.72. The second-order valence-electron chi connectivity index (χ2n) is 23.8. The molecule has 9 nitrogen and oxygen atoms in total. The molecule has 1 N–H and O–H groups in total. The number of carbonyl (C=O) groups is 2. The summed E-state index contributed by atoms with van der Waals surface area (Å²) in [5.41, 5.74) is 0. The highest BCUT2D eigenvalue weighted by atomic mass is 31.2. The average Bonchev–Trinajstić information content (AvgIpc) is 3.56. The summed E-state index contributed by atoms with van der Waals surface area (Å²) < 4.78 is 34.7. The summed E-state index contributed by atoms with van der Waals surface area (Å²) in [5, 5.41) is 0. The number of quaternary nitrogens is 1. The van der Waals surface area contributed by atoms with Gasteiger partial charge in [-0.25, -0.2) is 4.57 Å². The molecule has 88 heavy (non-hydrogen) atoms. The van der Waals surface area contributed by atoms with Crippen molar-refractivity contribution in [3.63, 3.8) is 0 Å². The van der Waals surface area contributed by atoms with Crippen molar-refractivity contribution in [1.82, 2.24) is 0 Å². The maximum absolute atomic E-state index is 12.9. The Hall–Kier alpha value is -4.63. The number of likely N-dealkylation sites (N-methyl/N-ethyl adjacent to an activating group) is 1. The molecule has 0 amide bonds. The molecular formula is C78H129NO8P+. The lowest BCUT2D eigenvalue weighted by Crippen LogP contribution is -2.37. The van der Waals surface area contributed by atoms with Crippen LogP contribution >= 0.6 is 7.82 Å². The molecule has 0 heterocycles. The first-order chi connectivity index (χ1) is 43.0. The molecule has 10 heteroatoms. The second-order valence-corrected chi connectivity index (χ2v) is 25.3. The Morgan fingerprint density at radius 3 is 0.909 bits per heavy atom. The number of unbranched alkanes of at least 4 members (excludes halogenated alkanes) is 20. The van der Waals surface area contributed by atoms with Crippen molar-refractivity contribution in [1.29, 1.82) is 0 Å². The molecule has 0 aromatic rings. The highest BCUT2D eigenvalue weighted by Crippen LogP contribution is 2.43. The number of hydrogen-bond donors (Lipinski definition) is 1. The van der Waals surface area contributed by atoms with E-state index in [1.807, 2.05) is 21.1 Å². The van der Waals surface area contributed by atoms with Crippen LogP contribution in [0.25, 0.3) is 0 Å². The lowest BCUT2D eigenvalue weighted by atomic mass is 10.0. The van der Waals surface area contributed by atoms with Gasteiger partial charge < -0.3 is 18.9 Å². The predicted molar refractivity (Wildman–Crippen MR) is 380 cm³/mol. The zero-order chi connectivity index (χ0) is 64.1. The first kappa shape index (κ1) is 83.4. The molecule has 0 aliphatic heterocycles. The van der Waals surface area contributed by atoms with Crippen LogP contribution in [0, 0.1) is 0 Å². The third-order valence-electron chi connectivity index (χ3n) is 14.2. The summed E-state index contributed by atoms with van der Waals surface area (Å²) in [6.45, 7) is 4.19. The molecule has 2 unspecified atom stereocenters. The Morgan fingerprint density at radius 1 is 0.352 bits per heavy atom. The van der Waals surface area contributed by atoms with Gasteiger partial charge in [-0.05, 0) is 128 Å². The van der Waals surface area contributed by atoms with Crippen molar-refractivity contribution in [2.45, 2.75) is 264 Å². The normalized spacial score (nSPS) is 14.2. The number of carbonyl (C=O) groups excluding carboxylic acids is 2. The number of phosphoric ester groups is 1. The minimum absolute atomic E-state index is 0.0214. The molecule has 0 aliphatic carbocycles. The Morgan fingerprint density at radius 2 is 0.614 bits per heavy atom. The van der Waals surface area contributed by atoms with Crippen LogP contribution in [0.1, 0.15) is 258 Å². The van der Waals surface area contributed by atoms with E-state index in [2.05, 4.69) is 184 Å². The summed E-state index contributed by atoms with van der Waals surface area (Å²) >= 11 is 0. The number of esters is 2. The van der Waals surface area contributed by atoms with E-state index in [0.29, 0.717) is 17.4 Å². The van der Waals surface area contributed by atoms with Gasteiger partial charge in [0, 0.05) is 12.8 Å². The van der Waals surface area contributed by atoms with Crippen molar-refractivity contribution < 1.29 is 42.1 Å². The van der Waals surface area contributed by atoms with Crippen LogP contribution in [0.2, 0.25) is 0 Å². The Bertz CT molecular complexity index is 2090. The maximum atomic E-state index is 12.9. The van der Waals surface area contributed by atoms with E-state index in [1.165, 1.54) is 77.0 Å². The molecule has 0 rings (SSSR count). The Balaban J connectivity index is 4.14. The maximum Gasteiger partial charge on any atom is 0.472 e. The van der Waals surface area contributed by atoms with E-state index < -0.39 is 26.5 Å². The fraction of sp³-hybridized carbons (Fsp3) is 0.615. The third kappa shape index (κ3) is 70.5. The molecule has 0 radical (unpaired) electrons. The van der Waals surface area contributed by atoms with Gasteiger partial charge >= 0.3 is 19.8 Å². The number of rotatable bonds is 62. The van der Waals surface area contributed by atoms with Gasteiger partial charge in [-0.15, -0.1) is 0 Å². The van der Waals surface area contributed by atoms with Gasteiger partial charge in [-0.1, -0.05) is 287 Å². The highest BCUT2D eigenvalue weighted by Gasteiger charge is 2.27. The van der Waals surface area contributed by atoms with Gasteiger partial charge in [0.2, 0.25) is 0 Å². The molecule has 0 aromatic carbocycles. The third-order valence-corrected chi connectivity index (χ3v) is 15.2. The van der Waals surface area contributed by atoms with Crippen molar-refractivity contribution in [3.05, 3.63) is 170 Å². The molecule has 0 saturated heterocycles. The van der Waals surface area contributed by atoms with Crippen LogP contribution in [-0.4, -0.2) is 74.9 Å². The smallest absolute Gasteiger partial charge is 0.462 e. The molecular weight excluding hydrogens is 1110 g/mol. The van der Waals surface area contributed by atoms with E-state index in [-0.39, 0.29) is 32.0 Å². The number of hydrogen-bond acceptors (Lipinski definition) is 7. The van der Waals surface area contributed by atoms with Gasteiger partial charge in [0.15, 0.2) is 6.10 Å². The number of phosphoric acid groups is 1. The predicted octanol–water partition coefficient (Wildman–Crippen LogP) is 22.9. The zero-order valence-corrected chi connectivity index (χ0v) is 57.5. The monoisotopic (exact) mass is 1240 g/mol. The lowest BCUT2D eigenvalue weighted by Gasteiger charge is -2.24. The van der Waals surface area contributed by atoms with Gasteiger partial charge in [0.25, 0.3) is 0 Å². The summed E-state index contributed by atoms with van der Waals surface area (Å²) in [6.07, 6.45) is 102. The van der Waals surface area contributed by atoms with E-state index >= 15 is 0 Å². The molecule has 2 atom stereocenters. The topological polar surface area (TPSA) is 108 Å². The first-order valence-electron chi connectivity index (χ1n) is 34.9. The summed E-state index contributed by atoms with van der Waals surface area (Å²) in [5.74, 6) is -0.816. The lowest BCUT2D eigenvalue weighted by molar-refractivity contribution is -0.870. The minimum atomic E-state index is -4.41. The zero-order valence-electron chi connectivity index (χ0n) is 56.6. The minimum Gasteiger partial charge on any atom is -0.462 e. The van der Waals surface area contributed by atoms with Crippen molar-refractivity contribution in [2.24, 2.45) is 0 Å². The molecule has 0 saturated carbocycles.